The van der Waals surface area contributed by atoms with E-state index >= 15 is 0 Å². The van der Waals surface area contributed by atoms with Gasteiger partial charge in [-0.25, -0.2) is 9.98 Å². The topological polar surface area (TPSA) is 70.9 Å². The van der Waals surface area contributed by atoms with Crippen LogP contribution in [0.3, 0.4) is 0 Å². The van der Waals surface area contributed by atoms with E-state index in [-0.39, 0.29) is 0 Å². The summed E-state index contributed by atoms with van der Waals surface area (Å²) in [6.07, 6.45) is 11.5. The van der Waals surface area contributed by atoms with Crippen LogP contribution in [0.15, 0.2) is 64.9 Å². The van der Waals surface area contributed by atoms with E-state index in [2.05, 4.69) is 26.7 Å². The molecule has 0 amide bonds. The maximum absolute atomic E-state index is 6.23. The summed E-state index contributed by atoms with van der Waals surface area (Å²) in [7, 11) is 1.63. The van der Waals surface area contributed by atoms with Gasteiger partial charge in [0.05, 0.1) is 18.9 Å². The number of rotatable bonds is 2. The second kappa shape index (κ2) is 5.69. The molecule has 2 unspecified atom stereocenters. The molecule has 0 fully saturated rings. The van der Waals surface area contributed by atoms with Gasteiger partial charge in [0.25, 0.3) is 0 Å². The minimum Gasteiger partial charge on any atom is -0.496 e. The Morgan fingerprint density at radius 1 is 1.15 bits per heavy atom. The fraction of sp³-hybridized carbons (Fsp3) is 0.150. The number of aliphatic imine (C=N–C) groups is 2. The van der Waals surface area contributed by atoms with E-state index in [4.69, 9.17) is 21.3 Å². The number of fused-ring (bicyclic) bond motifs is 1. The Balaban J connectivity index is 1.70. The number of hydrogen-bond acceptors (Lipinski definition) is 6. The SMILES string of the molecule is COc1ccc(Cl)cc1C1=NC23C=NC=CC2(C=Cc2cccnc2N3)N1. The Morgan fingerprint density at radius 2 is 2.07 bits per heavy atom. The van der Waals surface area contributed by atoms with Gasteiger partial charge in [0.15, 0.2) is 5.66 Å². The fourth-order valence-electron chi connectivity index (χ4n) is 3.64. The van der Waals surface area contributed by atoms with Gasteiger partial charge in [-0.3, -0.25) is 4.99 Å². The second-order valence-corrected chi connectivity index (χ2v) is 7.00. The summed E-state index contributed by atoms with van der Waals surface area (Å²) in [5.74, 6) is 2.11. The molecule has 0 saturated carbocycles. The van der Waals surface area contributed by atoms with Crippen LogP contribution in [0.2, 0.25) is 5.02 Å². The van der Waals surface area contributed by atoms with Crippen LogP contribution in [0, 0.1) is 0 Å². The summed E-state index contributed by atoms with van der Waals surface area (Å²) in [6, 6.07) is 9.39. The molecule has 0 bridgehead atoms. The van der Waals surface area contributed by atoms with E-state index in [0.717, 1.165) is 16.9 Å². The number of hydrogen-bond donors (Lipinski definition) is 2. The molecule has 134 valence electrons. The molecule has 27 heavy (non-hydrogen) atoms. The molecule has 0 saturated heterocycles. The highest BCUT2D eigenvalue weighted by Gasteiger charge is 2.55. The lowest BCUT2D eigenvalue weighted by atomic mass is 9.84. The van der Waals surface area contributed by atoms with Gasteiger partial charge in [0.1, 0.15) is 22.9 Å². The van der Waals surface area contributed by atoms with E-state index in [1.807, 2.05) is 36.4 Å². The number of ether oxygens (including phenoxy) is 1. The molecule has 2 N–H and O–H groups in total. The van der Waals surface area contributed by atoms with Gasteiger partial charge >= 0.3 is 0 Å². The highest BCUT2D eigenvalue weighted by atomic mass is 35.5. The molecule has 3 aliphatic rings. The van der Waals surface area contributed by atoms with Crippen molar-refractivity contribution in [3.63, 3.8) is 0 Å². The average molecular weight is 378 g/mol. The zero-order valence-corrected chi connectivity index (χ0v) is 15.2. The van der Waals surface area contributed by atoms with Crippen LogP contribution in [0.25, 0.3) is 6.08 Å². The molecule has 0 aliphatic carbocycles. The van der Waals surface area contributed by atoms with Crippen LogP contribution in [0.1, 0.15) is 11.1 Å². The first kappa shape index (κ1) is 16.1. The molecule has 2 aromatic rings. The Morgan fingerprint density at radius 3 is 2.96 bits per heavy atom. The van der Waals surface area contributed by atoms with Gasteiger partial charge in [0.2, 0.25) is 0 Å². The van der Waals surface area contributed by atoms with Gasteiger partial charge in [0, 0.05) is 23.0 Å². The third kappa shape index (κ3) is 2.30. The van der Waals surface area contributed by atoms with Crippen molar-refractivity contribution in [2.24, 2.45) is 9.98 Å². The lowest BCUT2D eigenvalue weighted by Gasteiger charge is -2.38. The van der Waals surface area contributed by atoms with E-state index in [0.29, 0.717) is 16.6 Å². The highest BCUT2D eigenvalue weighted by Crippen LogP contribution is 2.41. The molecular formula is C20H16ClN5O. The Labute approximate surface area is 161 Å². The van der Waals surface area contributed by atoms with Crippen molar-refractivity contribution in [3.8, 4) is 5.75 Å². The standard InChI is InChI=1S/C20H16ClN5O/c1-27-16-5-4-14(21)11-15(16)18-24-19-7-6-13-3-2-9-23-17(13)25-20(19,26-18)12-22-10-8-19/h2-12H,1H3,(H,23,25)(H,24,26). The highest BCUT2D eigenvalue weighted by molar-refractivity contribution is 6.31. The summed E-state index contributed by atoms with van der Waals surface area (Å²) in [6.45, 7) is 0. The minimum absolute atomic E-state index is 0.611. The van der Waals surface area contributed by atoms with Gasteiger partial charge in [-0.1, -0.05) is 17.7 Å². The van der Waals surface area contributed by atoms with Crippen molar-refractivity contribution in [2.75, 3.05) is 12.4 Å². The number of nitrogens with one attached hydrogen (secondary N) is 2. The summed E-state index contributed by atoms with van der Waals surface area (Å²) < 4.78 is 5.51. The van der Waals surface area contributed by atoms with Crippen LogP contribution in [-0.4, -0.2) is 35.3 Å². The average Bonchev–Trinajstić information content (AvgIpc) is 2.95. The monoisotopic (exact) mass is 377 g/mol. The predicted octanol–water partition coefficient (Wildman–Crippen LogP) is 3.27. The molecule has 5 rings (SSSR count). The summed E-state index contributed by atoms with van der Waals surface area (Å²) in [5, 5.41) is 7.64. The number of amidine groups is 1. The molecule has 0 spiro atoms. The number of benzene rings is 1. The quantitative estimate of drug-likeness (QED) is 0.842. The smallest absolute Gasteiger partial charge is 0.199 e. The maximum Gasteiger partial charge on any atom is 0.199 e. The Hall–Kier alpha value is -3.12. The van der Waals surface area contributed by atoms with Crippen LogP contribution in [-0.2, 0) is 0 Å². The van der Waals surface area contributed by atoms with Crippen molar-refractivity contribution in [3.05, 3.63) is 71.0 Å². The summed E-state index contributed by atoms with van der Waals surface area (Å²) in [4.78, 5) is 13.8. The normalized spacial score (nSPS) is 26.8. The van der Waals surface area contributed by atoms with E-state index < -0.39 is 11.2 Å². The molecule has 1 aromatic carbocycles. The van der Waals surface area contributed by atoms with E-state index in [9.17, 15) is 0 Å². The van der Waals surface area contributed by atoms with Gasteiger partial charge in [-0.2, -0.15) is 0 Å². The van der Waals surface area contributed by atoms with Gasteiger partial charge in [-0.05, 0) is 42.5 Å². The summed E-state index contributed by atoms with van der Waals surface area (Å²) >= 11 is 6.23. The number of nitrogens with zero attached hydrogens (tertiary/aromatic N) is 3. The van der Waals surface area contributed by atoms with Crippen LogP contribution >= 0.6 is 11.6 Å². The number of pyridine rings is 1. The molecule has 1 aromatic heterocycles. The lowest BCUT2D eigenvalue weighted by molar-refractivity contribution is 0.413. The molecule has 2 atom stereocenters. The van der Waals surface area contributed by atoms with Gasteiger partial charge in [-0.15, -0.1) is 0 Å². The van der Waals surface area contributed by atoms with Crippen LogP contribution < -0.4 is 15.4 Å². The lowest BCUT2D eigenvalue weighted by Crippen LogP contribution is -2.61. The predicted molar refractivity (Wildman–Crippen MR) is 108 cm³/mol. The van der Waals surface area contributed by atoms with E-state index in [1.165, 1.54) is 0 Å². The summed E-state index contributed by atoms with van der Waals surface area (Å²) in [5.41, 5.74) is 0.309. The molecule has 6 nitrogen and oxygen atoms in total. The maximum atomic E-state index is 6.23. The first-order valence-corrected chi connectivity index (χ1v) is 8.89. The van der Waals surface area contributed by atoms with Crippen LogP contribution in [0.5, 0.6) is 5.75 Å². The van der Waals surface area contributed by atoms with Gasteiger partial charge < -0.3 is 15.4 Å². The zero-order chi connectivity index (χ0) is 18.5. The Kier molecular flexibility index (Phi) is 3.39. The number of aromatic nitrogens is 1. The molecule has 4 heterocycles. The third-order valence-corrected chi connectivity index (χ3v) is 5.25. The second-order valence-electron chi connectivity index (χ2n) is 6.56. The van der Waals surface area contributed by atoms with Crippen molar-refractivity contribution in [1.82, 2.24) is 10.3 Å². The van der Waals surface area contributed by atoms with Crippen LogP contribution in [0.4, 0.5) is 5.82 Å². The van der Waals surface area contributed by atoms with Crippen molar-refractivity contribution in [1.29, 1.82) is 0 Å². The first-order valence-electron chi connectivity index (χ1n) is 8.51. The minimum atomic E-state index is -0.847. The largest absolute Gasteiger partial charge is 0.496 e. The zero-order valence-electron chi connectivity index (χ0n) is 14.5. The molecule has 3 aliphatic heterocycles. The Bertz CT molecular complexity index is 1060. The first-order chi connectivity index (χ1) is 13.1. The number of halogens is 1. The fourth-order valence-corrected chi connectivity index (χ4v) is 3.82. The number of methoxy groups -OCH3 is 1. The molecule has 7 heteroatoms. The van der Waals surface area contributed by atoms with Crippen molar-refractivity contribution >= 4 is 35.5 Å². The molecule has 0 radical (unpaired) electrons. The van der Waals surface area contributed by atoms with Crippen molar-refractivity contribution < 1.29 is 4.74 Å². The number of anilines is 1. The molecular weight excluding hydrogens is 362 g/mol. The third-order valence-electron chi connectivity index (χ3n) is 5.02. The van der Waals surface area contributed by atoms with E-state index in [1.54, 1.807) is 31.8 Å². The van der Waals surface area contributed by atoms with Crippen molar-refractivity contribution in [2.45, 2.75) is 11.2 Å².